The molecule has 7 nitrogen and oxygen atoms in total. The van der Waals surface area contributed by atoms with E-state index >= 15 is 0 Å². The van der Waals surface area contributed by atoms with Crippen molar-refractivity contribution >= 4 is 17.7 Å². The standard InChI is InChI=1S/C21H27N3O4/c1-14(2)11-18(24-20(26)17-9-5-4-7-15(17)3)21(27)23-13-19(25)22-12-16-8-6-10-28-16/h4-10,14,18H,11-13H2,1-3H3,(H,22,25)(H,23,27)(H,24,26). The Balaban J connectivity index is 1.90. The molecule has 1 unspecified atom stereocenters. The highest BCUT2D eigenvalue weighted by Crippen LogP contribution is 2.10. The molecule has 3 amide bonds. The zero-order chi connectivity index (χ0) is 20.5. The number of carbonyl (C=O) groups excluding carboxylic acids is 3. The van der Waals surface area contributed by atoms with Crippen LogP contribution in [0.5, 0.6) is 0 Å². The van der Waals surface area contributed by atoms with Crippen LogP contribution in [0.2, 0.25) is 0 Å². The normalized spacial score (nSPS) is 11.7. The summed E-state index contributed by atoms with van der Waals surface area (Å²) in [7, 11) is 0. The van der Waals surface area contributed by atoms with Gasteiger partial charge in [-0.05, 0) is 43.0 Å². The van der Waals surface area contributed by atoms with Crippen molar-refractivity contribution in [3.05, 3.63) is 59.5 Å². The number of hydrogen-bond acceptors (Lipinski definition) is 4. The number of furan rings is 1. The molecule has 0 radical (unpaired) electrons. The van der Waals surface area contributed by atoms with Crippen molar-refractivity contribution in [3.63, 3.8) is 0 Å². The number of carbonyl (C=O) groups is 3. The summed E-state index contributed by atoms with van der Waals surface area (Å²) in [4.78, 5) is 37.0. The first kappa shape index (κ1) is 21.2. The van der Waals surface area contributed by atoms with Crippen molar-refractivity contribution in [2.45, 2.75) is 39.8 Å². The van der Waals surface area contributed by atoms with Crippen molar-refractivity contribution in [3.8, 4) is 0 Å². The van der Waals surface area contributed by atoms with E-state index in [1.54, 1.807) is 24.3 Å². The van der Waals surface area contributed by atoms with E-state index in [9.17, 15) is 14.4 Å². The molecule has 0 aliphatic heterocycles. The SMILES string of the molecule is Cc1ccccc1C(=O)NC(CC(C)C)C(=O)NCC(=O)NCc1ccco1. The Morgan fingerprint density at radius 3 is 2.43 bits per heavy atom. The Morgan fingerprint density at radius 2 is 1.79 bits per heavy atom. The molecule has 7 heteroatoms. The Labute approximate surface area is 164 Å². The predicted molar refractivity (Wildman–Crippen MR) is 105 cm³/mol. The van der Waals surface area contributed by atoms with Crippen molar-refractivity contribution in [2.24, 2.45) is 5.92 Å². The van der Waals surface area contributed by atoms with Crippen LogP contribution in [0.25, 0.3) is 0 Å². The van der Waals surface area contributed by atoms with Gasteiger partial charge < -0.3 is 20.4 Å². The van der Waals surface area contributed by atoms with E-state index in [2.05, 4.69) is 16.0 Å². The Morgan fingerprint density at radius 1 is 1.04 bits per heavy atom. The summed E-state index contributed by atoms with van der Waals surface area (Å²) in [6, 6.07) is 9.96. The van der Waals surface area contributed by atoms with Gasteiger partial charge >= 0.3 is 0 Å². The first-order valence-electron chi connectivity index (χ1n) is 9.30. The monoisotopic (exact) mass is 385 g/mol. The molecule has 0 aliphatic carbocycles. The highest BCUT2D eigenvalue weighted by molar-refractivity contribution is 5.99. The van der Waals surface area contributed by atoms with Crippen LogP contribution in [0.1, 0.15) is 41.9 Å². The number of rotatable bonds is 9. The zero-order valence-electron chi connectivity index (χ0n) is 16.5. The van der Waals surface area contributed by atoms with E-state index < -0.39 is 6.04 Å². The molecule has 0 saturated carbocycles. The van der Waals surface area contributed by atoms with Gasteiger partial charge in [-0.1, -0.05) is 32.0 Å². The van der Waals surface area contributed by atoms with Gasteiger partial charge in [-0.15, -0.1) is 0 Å². The summed E-state index contributed by atoms with van der Waals surface area (Å²) < 4.78 is 5.14. The van der Waals surface area contributed by atoms with Gasteiger partial charge in [0.05, 0.1) is 19.4 Å². The predicted octanol–water partition coefficient (Wildman–Crippen LogP) is 2.17. The quantitative estimate of drug-likeness (QED) is 0.616. The van der Waals surface area contributed by atoms with E-state index in [0.29, 0.717) is 17.7 Å². The van der Waals surface area contributed by atoms with Crippen LogP contribution in [0.15, 0.2) is 47.1 Å². The van der Waals surface area contributed by atoms with Gasteiger partial charge in [0.25, 0.3) is 5.91 Å². The van der Waals surface area contributed by atoms with Crippen LogP contribution in [-0.4, -0.2) is 30.3 Å². The summed E-state index contributed by atoms with van der Waals surface area (Å²) in [5, 5.41) is 8.04. The molecule has 2 rings (SSSR count). The summed E-state index contributed by atoms with van der Waals surface area (Å²) in [5.41, 5.74) is 1.36. The molecule has 0 bridgehead atoms. The fraction of sp³-hybridized carbons (Fsp3) is 0.381. The van der Waals surface area contributed by atoms with Crippen molar-refractivity contribution in [1.82, 2.24) is 16.0 Å². The Bertz CT molecular complexity index is 800. The van der Waals surface area contributed by atoms with Gasteiger partial charge in [0.1, 0.15) is 11.8 Å². The lowest BCUT2D eigenvalue weighted by molar-refractivity contribution is -0.127. The van der Waals surface area contributed by atoms with Gasteiger partial charge in [0.2, 0.25) is 11.8 Å². The van der Waals surface area contributed by atoms with Gasteiger partial charge in [0, 0.05) is 5.56 Å². The fourth-order valence-electron chi connectivity index (χ4n) is 2.72. The average molecular weight is 385 g/mol. The molecule has 1 aromatic heterocycles. The minimum Gasteiger partial charge on any atom is -0.467 e. The largest absolute Gasteiger partial charge is 0.467 e. The second kappa shape index (κ2) is 10.3. The topological polar surface area (TPSA) is 100 Å². The molecule has 0 spiro atoms. The molecule has 0 fully saturated rings. The number of nitrogens with one attached hydrogen (secondary N) is 3. The molecule has 28 heavy (non-hydrogen) atoms. The molecule has 3 N–H and O–H groups in total. The smallest absolute Gasteiger partial charge is 0.252 e. The molecule has 0 aliphatic rings. The lowest BCUT2D eigenvalue weighted by Gasteiger charge is -2.20. The lowest BCUT2D eigenvalue weighted by atomic mass is 10.0. The second-order valence-electron chi connectivity index (χ2n) is 7.04. The summed E-state index contributed by atoms with van der Waals surface area (Å²) in [6.07, 6.45) is 1.99. The van der Waals surface area contributed by atoms with Crippen LogP contribution in [0, 0.1) is 12.8 Å². The van der Waals surface area contributed by atoms with Gasteiger partial charge in [-0.2, -0.15) is 0 Å². The van der Waals surface area contributed by atoms with Crippen LogP contribution < -0.4 is 16.0 Å². The van der Waals surface area contributed by atoms with Crippen LogP contribution in [0.4, 0.5) is 0 Å². The van der Waals surface area contributed by atoms with Crippen LogP contribution >= 0.6 is 0 Å². The van der Waals surface area contributed by atoms with Gasteiger partial charge in [-0.3, -0.25) is 14.4 Å². The molecule has 0 saturated heterocycles. The van der Waals surface area contributed by atoms with Gasteiger partial charge in [-0.25, -0.2) is 0 Å². The lowest BCUT2D eigenvalue weighted by Crippen LogP contribution is -2.49. The first-order valence-corrected chi connectivity index (χ1v) is 9.30. The first-order chi connectivity index (χ1) is 13.4. The molecule has 1 aromatic carbocycles. The highest BCUT2D eigenvalue weighted by Gasteiger charge is 2.23. The van der Waals surface area contributed by atoms with E-state index in [1.807, 2.05) is 32.9 Å². The molecular formula is C21H27N3O4. The summed E-state index contributed by atoms with van der Waals surface area (Å²) >= 11 is 0. The van der Waals surface area contributed by atoms with Crippen LogP contribution in [0.3, 0.4) is 0 Å². The minimum absolute atomic E-state index is 0.172. The zero-order valence-corrected chi connectivity index (χ0v) is 16.5. The number of amides is 3. The van der Waals surface area contributed by atoms with E-state index in [1.165, 1.54) is 6.26 Å². The third-order valence-corrected chi connectivity index (χ3v) is 4.18. The maximum absolute atomic E-state index is 12.6. The van der Waals surface area contributed by atoms with Crippen molar-refractivity contribution in [1.29, 1.82) is 0 Å². The molecule has 150 valence electrons. The minimum atomic E-state index is -0.718. The second-order valence-corrected chi connectivity index (χ2v) is 7.04. The maximum Gasteiger partial charge on any atom is 0.252 e. The van der Waals surface area contributed by atoms with Gasteiger partial charge in [0.15, 0.2) is 0 Å². The van der Waals surface area contributed by atoms with Crippen LogP contribution in [-0.2, 0) is 16.1 Å². The average Bonchev–Trinajstić information content (AvgIpc) is 3.17. The Kier molecular flexibility index (Phi) is 7.80. The van der Waals surface area contributed by atoms with E-state index in [0.717, 1.165) is 5.56 Å². The third kappa shape index (κ3) is 6.57. The fourth-order valence-corrected chi connectivity index (χ4v) is 2.72. The van der Waals surface area contributed by atoms with Crippen molar-refractivity contribution < 1.29 is 18.8 Å². The third-order valence-electron chi connectivity index (χ3n) is 4.18. The molecule has 1 heterocycles. The molecular weight excluding hydrogens is 358 g/mol. The molecule has 1 atom stereocenters. The number of hydrogen-bond donors (Lipinski definition) is 3. The van der Waals surface area contributed by atoms with E-state index in [4.69, 9.17) is 4.42 Å². The molecule has 2 aromatic rings. The maximum atomic E-state index is 12.6. The Hall–Kier alpha value is -3.09. The van der Waals surface area contributed by atoms with E-state index in [-0.39, 0.29) is 36.7 Å². The number of benzene rings is 1. The van der Waals surface area contributed by atoms with Crippen molar-refractivity contribution in [2.75, 3.05) is 6.54 Å². The highest BCUT2D eigenvalue weighted by atomic mass is 16.3. The number of aryl methyl sites for hydroxylation is 1. The summed E-state index contributed by atoms with van der Waals surface area (Å²) in [5.74, 6) is -0.202. The summed E-state index contributed by atoms with van der Waals surface area (Å²) in [6.45, 7) is 5.86.